The molecule has 1 heterocycles. The maximum absolute atomic E-state index is 11.2. The van der Waals surface area contributed by atoms with E-state index >= 15 is 0 Å². The summed E-state index contributed by atoms with van der Waals surface area (Å²) in [5.41, 5.74) is 4.63. The number of nitrogens with zero attached hydrogens (tertiary/aromatic N) is 2. The van der Waals surface area contributed by atoms with Crippen LogP contribution in [-0.2, 0) is 4.79 Å². The second-order valence-electron chi connectivity index (χ2n) is 7.03. The van der Waals surface area contributed by atoms with Crippen molar-refractivity contribution in [2.75, 3.05) is 36.4 Å². The quantitative estimate of drug-likeness (QED) is 0.681. The fraction of sp³-hybridized carbons (Fsp3) is 0.364. The van der Waals surface area contributed by atoms with E-state index in [1.165, 1.54) is 0 Å². The van der Waals surface area contributed by atoms with E-state index in [1.807, 2.05) is 19.1 Å². The third-order valence-electron chi connectivity index (χ3n) is 5.16. The van der Waals surface area contributed by atoms with Crippen molar-refractivity contribution in [2.24, 2.45) is 0 Å². The maximum Gasteiger partial charge on any atom is 0.303 e. The molecule has 1 saturated heterocycles. The summed E-state index contributed by atoms with van der Waals surface area (Å²) in [7, 11) is 0. The maximum atomic E-state index is 11.2. The molecule has 2 aromatic rings. The zero-order valence-electron chi connectivity index (χ0n) is 16.1. The van der Waals surface area contributed by atoms with Gasteiger partial charge in [0.2, 0.25) is 0 Å². The summed E-state index contributed by atoms with van der Waals surface area (Å²) in [5, 5.41) is 25.1. The molecule has 3 N–H and O–H groups in total. The summed E-state index contributed by atoms with van der Waals surface area (Å²) in [5.74, 6) is -0.796. The first-order valence-electron chi connectivity index (χ1n) is 9.69. The SMILES string of the molecule is CCC(CC(=O)O)c1ccc(N2CCNCC2)c(Nc2ccc(C#N)cc2)c1. The number of aliphatic carboxylic acids is 1. The average molecular weight is 378 g/mol. The van der Waals surface area contributed by atoms with Gasteiger partial charge in [0.05, 0.1) is 29.4 Å². The highest BCUT2D eigenvalue weighted by molar-refractivity contribution is 5.77. The molecule has 1 aliphatic heterocycles. The zero-order chi connectivity index (χ0) is 19.9. The first kappa shape index (κ1) is 19.7. The van der Waals surface area contributed by atoms with E-state index in [0.717, 1.165) is 55.2 Å². The Bertz CT molecular complexity index is 852. The van der Waals surface area contributed by atoms with Crippen LogP contribution >= 0.6 is 0 Å². The summed E-state index contributed by atoms with van der Waals surface area (Å²) >= 11 is 0. The first-order valence-corrected chi connectivity index (χ1v) is 9.69. The highest BCUT2D eigenvalue weighted by Crippen LogP contribution is 2.34. The lowest BCUT2D eigenvalue weighted by molar-refractivity contribution is -0.137. The van der Waals surface area contributed by atoms with Gasteiger partial charge in [0.1, 0.15) is 0 Å². The molecule has 3 rings (SSSR count). The Hall–Kier alpha value is -3.04. The van der Waals surface area contributed by atoms with Gasteiger partial charge in [-0.15, -0.1) is 0 Å². The van der Waals surface area contributed by atoms with Crippen LogP contribution in [0.2, 0.25) is 0 Å². The number of hydrogen-bond donors (Lipinski definition) is 3. The van der Waals surface area contributed by atoms with Crippen LogP contribution in [0.4, 0.5) is 17.1 Å². The van der Waals surface area contributed by atoms with Gasteiger partial charge in [-0.05, 0) is 54.3 Å². The number of carboxylic acids is 1. The van der Waals surface area contributed by atoms with Crippen LogP contribution in [-0.4, -0.2) is 37.3 Å². The van der Waals surface area contributed by atoms with E-state index in [9.17, 15) is 9.90 Å². The number of carbonyl (C=O) groups is 1. The van der Waals surface area contributed by atoms with Gasteiger partial charge in [0.15, 0.2) is 0 Å². The molecule has 1 aliphatic rings. The number of hydrogen-bond acceptors (Lipinski definition) is 5. The monoisotopic (exact) mass is 378 g/mol. The zero-order valence-corrected chi connectivity index (χ0v) is 16.1. The fourth-order valence-electron chi connectivity index (χ4n) is 3.58. The van der Waals surface area contributed by atoms with Crippen LogP contribution in [0.15, 0.2) is 42.5 Å². The van der Waals surface area contributed by atoms with Crippen molar-refractivity contribution in [3.8, 4) is 6.07 Å². The van der Waals surface area contributed by atoms with Crippen molar-refractivity contribution in [1.82, 2.24) is 5.32 Å². The lowest BCUT2D eigenvalue weighted by atomic mass is 9.92. The summed E-state index contributed by atoms with van der Waals surface area (Å²) in [6.07, 6.45) is 0.898. The second-order valence-corrected chi connectivity index (χ2v) is 7.03. The van der Waals surface area contributed by atoms with Crippen LogP contribution in [0.5, 0.6) is 0 Å². The Labute approximate surface area is 165 Å². The molecule has 0 spiro atoms. The van der Waals surface area contributed by atoms with Crippen molar-refractivity contribution < 1.29 is 9.90 Å². The minimum atomic E-state index is -0.778. The van der Waals surface area contributed by atoms with E-state index in [-0.39, 0.29) is 12.3 Å². The van der Waals surface area contributed by atoms with Gasteiger partial charge >= 0.3 is 5.97 Å². The molecule has 1 unspecified atom stereocenters. The van der Waals surface area contributed by atoms with Crippen molar-refractivity contribution in [3.05, 3.63) is 53.6 Å². The molecular weight excluding hydrogens is 352 g/mol. The van der Waals surface area contributed by atoms with Crippen LogP contribution in [0.25, 0.3) is 0 Å². The molecule has 0 aliphatic carbocycles. The van der Waals surface area contributed by atoms with E-state index in [4.69, 9.17) is 5.26 Å². The first-order chi connectivity index (χ1) is 13.6. The predicted molar refractivity (Wildman–Crippen MR) is 111 cm³/mol. The Balaban J connectivity index is 1.94. The molecule has 6 heteroatoms. The molecular formula is C22H26N4O2. The summed E-state index contributed by atoms with van der Waals surface area (Å²) in [6, 6.07) is 15.7. The molecule has 6 nitrogen and oxygen atoms in total. The smallest absolute Gasteiger partial charge is 0.303 e. The minimum absolute atomic E-state index is 0.0175. The van der Waals surface area contributed by atoms with Gasteiger partial charge in [-0.3, -0.25) is 4.79 Å². The second kappa shape index (κ2) is 9.25. The highest BCUT2D eigenvalue weighted by atomic mass is 16.4. The number of anilines is 3. The minimum Gasteiger partial charge on any atom is -0.481 e. The molecule has 1 fully saturated rings. The molecule has 0 amide bonds. The van der Waals surface area contributed by atoms with Crippen LogP contribution in [0, 0.1) is 11.3 Å². The Morgan fingerprint density at radius 2 is 1.96 bits per heavy atom. The average Bonchev–Trinajstić information content (AvgIpc) is 2.73. The van der Waals surface area contributed by atoms with Crippen LogP contribution < -0.4 is 15.5 Å². The van der Waals surface area contributed by atoms with Gasteiger partial charge < -0.3 is 20.6 Å². The molecule has 0 aromatic heterocycles. The molecule has 0 radical (unpaired) electrons. The topological polar surface area (TPSA) is 88.4 Å². The normalized spacial score (nSPS) is 14.9. The number of carboxylic acid groups (broad SMARTS) is 1. The van der Waals surface area contributed by atoms with E-state index in [1.54, 1.807) is 12.1 Å². The Kier molecular flexibility index (Phi) is 6.51. The summed E-state index contributed by atoms with van der Waals surface area (Å²) < 4.78 is 0. The summed E-state index contributed by atoms with van der Waals surface area (Å²) in [6.45, 7) is 5.75. The molecule has 1 atom stereocenters. The van der Waals surface area contributed by atoms with Crippen molar-refractivity contribution in [3.63, 3.8) is 0 Å². The van der Waals surface area contributed by atoms with Gasteiger partial charge in [-0.2, -0.15) is 5.26 Å². The van der Waals surface area contributed by atoms with Gasteiger partial charge in [0, 0.05) is 31.9 Å². The highest BCUT2D eigenvalue weighted by Gasteiger charge is 2.19. The number of nitriles is 1. The van der Waals surface area contributed by atoms with Crippen molar-refractivity contribution >= 4 is 23.0 Å². The fourth-order valence-corrected chi connectivity index (χ4v) is 3.58. The third-order valence-corrected chi connectivity index (χ3v) is 5.16. The molecule has 146 valence electrons. The van der Waals surface area contributed by atoms with E-state index < -0.39 is 5.97 Å². The largest absolute Gasteiger partial charge is 0.481 e. The van der Waals surface area contributed by atoms with Crippen LogP contribution in [0.3, 0.4) is 0 Å². The molecule has 0 saturated carbocycles. The van der Waals surface area contributed by atoms with Gasteiger partial charge in [-0.1, -0.05) is 13.0 Å². The van der Waals surface area contributed by atoms with Crippen molar-refractivity contribution in [2.45, 2.75) is 25.7 Å². The molecule has 0 bridgehead atoms. The van der Waals surface area contributed by atoms with Crippen LogP contribution in [0.1, 0.15) is 36.8 Å². The predicted octanol–water partition coefficient (Wildman–Crippen LogP) is 3.68. The Morgan fingerprint density at radius 3 is 2.57 bits per heavy atom. The third kappa shape index (κ3) is 4.81. The van der Waals surface area contributed by atoms with Gasteiger partial charge in [-0.25, -0.2) is 0 Å². The molecule has 28 heavy (non-hydrogen) atoms. The van der Waals surface area contributed by atoms with Gasteiger partial charge in [0.25, 0.3) is 0 Å². The Morgan fingerprint density at radius 1 is 1.25 bits per heavy atom. The molecule has 2 aromatic carbocycles. The van der Waals surface area contributed by atoms with Crippen molar-refractivity contribution in [1.29, 1.82) is 5.26 Å². The lowest BCUT2D eigenvalue weighted by Gasteiger charge is -2.32. The standard InChI is InChI=1S/C22H26N4O2/c1-2-17(14-22(27)28)18-5-8-21(26-11-9-24-10-12-26)20(13-18)25-19-6-3-16(15-23)4-7-19/h3-8,13,17,24-25H,2,9-12,14H2,1H3,(H,27,28). The van der Waals surface area contributed by atoms with E-state index in [2.05, 4.69) is 39.8 Å². The number of rotatable bonds is 7. The van der Waals surface area contributed by atoms with E-state index in [0.29, 0.717) is 5.56 Å². The number of nitrogens with one attached hydrogen (secondary N) is 2. The number of piperazine rings is 1. The number of benzene rings is 2. The lowest BCUT2D eigenvalue weighted by Crippen LogP contribution is -2.43. The summed E-state index contributed by atoms with van der Waals surface area (Å²) in [4.78, 5) is 13.6.